The van der Waals surface area contributed by atoms with Crippen molar-refractivity contribution in [2.45, 2.75) is 51.7 Å². The van der Waals surface area contributed by atoms with Crippen LogP contribution >= 0.6 is 0 Å². The minimum atomic E-state index is -0.465. The van der Waals surface area contributed by atoms with Gasteiger partial charge in [0.1, 0.15) is 5.60 Å². The summed E-state index contributed by atoms with van der Waals surface area (Å²) in [6, 6.07) is 0.142. The van der Waals surface area contributed by atoms with Crippen LogP contribution in [0.2, 0.25) is 0 Å². The number of hydrogen-bond donors (Lipinski definition) is 1. The van der Waals surface area contributed by atoms with Crippen LogP contribution in [0, 0.1) is 5.92 Å². The molecule has 1 aliphatic rings. The lowest BCUT2D eigenvalue weighted by molar-refractivity contribution is 0.0504. The number of hydrogen-bond acceptors (Lipinski definition) is 3. The van der Waals surface area contributed by atoms with E-state index in [1.165, 1.54) is 0 Å². The van der Waals surface area contributed by atoms with E-state index in [1.807, 2.05) is 20.8 Å². The fraction of sp³-hybridized carbons (Fsp3) is 0.909. The number of amides is 1. The van der Waals surface area contributed by atoms with Gasteiger partial charge < -0.3 is 10.1 Å². The number of carbonyl (C=O) groups is 1. The Hall–Kier alpha value is -1.42. The number of carbonyl (C=O) groups excluding carboxylic acids is 1. The van der Waals surface area contributed by atoms with Gasteiger partial charge in [-0.1, -0.05) is 5.11 Å². The molecule has 2 unspecified atom stereocenters. The first-order chi connectivity index (χ1) is 7.90. The zero-order chi connectivity index (χ0) is 12.9. The molecular weight excluding hydrogens is 220 g/mol. The number of alkyl carbamates (subject to hydrolysis) is 1. The van der Waals surface area contributed by atoms with Crippen molar-refractivity contribution in [2.24, 2.45) is 11.0 Å². The molecule has 0 bridgehead atoms. The fourth-order valence-electron chi connectivity index (χ4n) is 2.00. The van der Waals surface area contributed by atoms with Crippen LogP contribution in [-0.2, 0) is 4.74 Å². The molecule has 0 saturated heterocycles. The van der Waals surface area contributed by atoms with E-state index in [1.54, 1.807) is 0 Å². The molecule has 6 heteroatoms. The van der Waals surface area contributed by atoms with Crippen molar-refractivity contribution in [1.29, 1.82) is 0 Å². The van der Waals surface area contributed by atoms with Gasteiger partial charge in [0.2, 0.25) is 0 Å². The highest BCUT2D eigenvalue weighted by atomic mass is 16.6. The predicted molar refractivity (Wildman–Crippen MR) is 64.5 cm³/mol. The second kappa shape index (κ2) is 5.77. The summed E-state index contributed by atoms with van der Waals surface area (Å²) in [7, 11) is 0. The van der Waals surface area contributed by atoms with Crippen LogP contribution in [-0.4, -0.2) is 24.3 Å². The summed E-state index contributed by atoms with van der Waals surface area (Å²) < 4.78 is 5.18. The van der Waals surface area contributed by atoms with Gasteiger partial charge in [0.25, 0.3) is 0 Å². The van der Waals surface area contributed by atoms with Crippen LogP contribution in [0.25, 0.3) is 10.4 Å². The molecule has 1 aliphatic carbocycles. The van der Waals surface area contributed by atoms with Crippen molar-refractivity contribution in [1.82, 2.24) is 5.32 Å². The number of rotatable bonds is 3. The molecule has 0 aromatic rings. The lowest BCUT2D eigenvalue weighted by Gasteiger charge is -2.21. The normalized spacial score (nSPS) is 23.9. The Morgan fingerprint density at radius 1 is 1.53 bits per heavy atom. The largest absolute Gasteiger partial charge is 0.444 e. The maximum absolute atomic E-state index is 11.5. The molecule has 1 N–H and O–H groups in total. The minimum absolute atomic E-state index is 0.142. The van der Waals surface area contributed by atoms with E-state index in [0.29, 0.717) is 12.5 Å². The second-order valence-electron chi connectivity index (χ2n) is 5.44. The molecule has 0 spiro atoms. The van der Waals surface area contributed by atoms with Crippen LogP contribution in [0.15, 0.2) is 5.11 Å². The highest BCUT2D eigenvalue weighted by Gasteiger charge is 2.27. The quantitative estimate of drug-likeness (QED) is 0.467. The standard InChI is InChI=1S/C11H20N4O2/c1-11(2,3)17-10(16)14-9-5-4-8(6-9)7-13-15-12/h8-9H,4-7H2,1-3H3,(H,14,16). The van der Waals surface area contributed by atoms with E-state index < -0.39 is 5.60 Å². The summed E-state index contributed by atoms with van der Waals surface area (Å²) >= 11 is 0. The first kappa shape index (κ1) is 13.6. The number of azide groups is 1. The molecule has 0 heterocycles. The third kappa shape index (κ3) is 5.45. The number of nitrogens with one attached hydrogen (secondary N) is 1. The highest BCUT2D eigenvalue weighted by molar-refractivity contribution is 5.68. The van der Waals surface area contributed by atoms with Gasteiger partial charge in [0.15, 0.2) is 0 Å². The smallest absolute Gasteiger partial charge is 0.407 e. The highest BCUT2D eigenvalue weighted by Crippen LogP contribution is 2.26. The summed E-state index contributed by atoms with van der Waals surface area (Å²) in [5.41, 5.74) is 7.77. The van der Waals surface area contributed by atoms with Crippen LogP contribution in [0.1, 0.15) is 40.0 Å². The van der Waals surface area contributed by atoms with Gasteiger partial charge in [-0.05, 0) is 51.5 Å². The van der Waals surface area contributed by atoms with Crippen molar-refractivity contribution in [3.8, 4) is 0 Å². The Kier molecular flexibility index (Phi) is 4.63. The zero-order valence-electron chi connectivity index (χ0n) is 10.6. The molecule has 17 heavy (non-hydrogen) atoms. The van der Waals surface area contributed by atoms with Gasteiger partial charge in [-0.2, -0.15) is 0 Å². The first-order valence-corrected chi connectivity index (χ1v) is 5.91. The van der Waals surface area contributed by atoms with Gasteiger partial charge in [0.05, 0.1) is 0 Å². The molecular formula is C11H20N4O2. The summed E-state index contributed by atoms with van der Waals surface area (Å²) in [6.07, 6.45) is 2.40. The Morgan fingerprint density at radius 3 is 2.82 bits per heavy atom. The van der Waals surface area contributed by atoms with E-state index in [2.05, 4.69) is 15.3 Å². The average Bonchev–Trinajstić information content (AvgIpc) is 2.59. The predicted octanol–water partition coefficient (Wildman–Crippen LogP) is 2.99. The van der Waals surface area contributed by atoms with Crippen molar-refractivity contribution in [3.63, 3.8) is 0 Å². The zero-order valence-corrected chi connectivity index (χ0v) is 10.6. The summed E-state index contributed by atoms with van der Waals surface area (Å²) in [5, 5.41) is 6.41. The molecule has 1 amide bonds. The van der Waals surface area contributed by atoms with E-state index in [0.717, 1.165) is 19.3 Å². The SMILES string of the molecule is CC(C)(C)OC(=O)NC1CCC(CN=[N+]=[N-])C1. The van der Waals surface area contributed by atoms with Crippen molar-refractivity contribution >= 4 is 6.09 Å². The molecule has 2 atom stereocenters. The van der Waals surface area contributed by atoms with Crippen molar-refractivity contribution in [2.75, 3.05) is 6.54 Å². The van der Waals surface area contributed by atoms with E-state index >= 15 is 0 Å². The molecule has 1 rings (SSSR count). The van der Waals surface area contributed by atoms with Gasteiger partial charge in [0, 0.05) is 17.5 Å². The lowest BCUT2D eigenvalue weighted by Crippen LogP contribution is -2.38. The Balaban J connectivity index is 2.30. The molecule has 0 aromatic carbocycles. The minimum Gasteiger partial charge on any atom is -0.444 e. The maximum Gasteiger partial charge on any atom is 0.407 e. The number of nitrogens with zero attached hydrogens (tertiary/aromatic N) is 3. The van der Waals surface area contributed by atoms with Crippen LogP contribution in [0.4, 0.5) is 4.79 Å². The first-order valence-electron chi connectivity index (χ1n) is 5.91. The monoisotopic (exact) mass is 240 g/mol. The summed E-state index contributed by atoms with van der Waals surface area (Å²) in [6.45, 7) is 6.03. The Bertz CT molecular complexity index is 318. The lowest BCUT2D eigenvalue weighted by atomic mass is 10.1. The molecule has 0 radical (unpaired) electrons. The molecule has 0 aliphatic heterocycles. The topological polar surface area (TPSA) is 87.1 Å². The van der Waals surface area contributed by atoms with E-state index in [9.17, 15) is 4.79 Å². The van der Waals surface area contributed by atoms with Crippen LogP contribution in [0.3, 0.4) is 0 Å². The average molecular weight is 240 g/mol. The van der Waals surface area contributed by atoms with Gasteiger partial charge in [-0.25, -0.2) is 4.79 Å². The third-order valence-electron chi connectivity index (χ3n) is 2.67. The molecule has 1 saturated carbocycles. The molecule has 6 nitrogen and oxygen atoms in total. The van der Waals surface area contributed by atoms with Crippen LogP contribution in [0.5, 0.6) is 0 Å². The van der Waals surface area contributed by atoms with Gasteiger partial charge in [-0.15, -0.1) is 0 Å². The van der Waals surface area contributed by atoms with Crippen LogP contribution < -0.4 is 5.32 Å². The summed E-state index contributed by atoms with van der Waals surface area (Å²) in [5.74, 6) is 0.380. The second-order valence-corrected chi connectivity index (χ2v) is 5.44. The summed E-state index contributed by atoms with van der Waals surface area (Å²) in [4.78, 5) is 14.3. The third-order valence-corrected chi connectivity index (χ3v) is 2.67. The number of ether oxygens (including phenoxy) is 1. The van der Waals surface area contributed by atoms with E-state index in [4.69, 9.17) is 10.3 Å². The Labute approximate surface area is 101 Å². The van der Waals surface area contributed by atoms with Gasteiger partial charge >= 0.3 is 6.09 Å². The molecule has 0 aromatic heterocycles. The van der Waals surface area contributed by atoms with Gasteiger partial charge in [-0.3, -0.25) is 0 Å². The maximum atomic E-state index is 11.5. The molecule has 96 valence electrons. The van der Waals surface area contributed by atoms with Crippen molar-refractivity contribution in [3.05, 3.63) is 10.4 Å². The molecule has 1 fully saturated rings. The fourth-order valence-corrected chi connectivity index (χ4v) is 2.00. The Morgan fingerprint density at radius 2 is 2.24 bits per heavy atom. The van der Waals surface area contributed by atoms with E-state index in [-0.39, 0.29) is 12.1 Å². The van der Waals surface area contributed by atoms with Crippen molar-refractivity contribution < 1.29 is 9.53 Å².